The van der Waals surface area contributed by atoms with Gasteiger partial charge >= 0.3 is 0 Å². The SMILES string of the molecule is CCOc1ccc(C=C2CNN(c3ccccc3)C2)cc1C. The first-order valence-corrected chi connectivity index (χ1v) is 7.75. The number of aryl methyl sites for hydroxylation is 1. The Morgan fingerprint density at radius 2 is 2.00 bits per heavy atom. The molecule has 0 bridgehead atoms. The highest BCUT2D eigenvalue weighted by atomic mass is 16.5. The molecular formula is C19H22N2O. The maximum absolute atomic E-state index is 5.60. The van der Waals surface area contributed by atoms with Crippen LogP contribution >= 0.6 is 0 Å². The molecular weight excluding hydrogens is 272 g/mol. The van der Waals surface area contributed by atoms with Gasteiger partial charge in [-0.15, -0.1) is 0 Å². The van der Waals surface area contributed by atoms with Gasteiger partial charge in [0.15, 0.2) is 0 Å². The van der Waals surface area contributed by atoms with Crippen molar-refractivity contribution in [2.45, 2.75) is 13.8 Å². The highest BCUT2D eigenvalue weighted by Crippen LogP contribution is 2.22. The van der Waals surface area contributed by atoms with E-state index in [1.54, 1.807) is 0 Å². The van der Waals surface area contributed by atoms with Gasteiger partial charge in [-0.05, 0) is 54.8 Å². The van der Waals surface area contributed by atoms with Crippen LogP contribution in [0.15, 0.2) is 54.1 Å². The molecule has 0 atom stereocenters. The van der Waals surface area contributed by atoms with Crippen LogP contribution in [0.5, 0.6) is 5.75 Å². The van der Waals surface area contributed by atoms with Crippen LogP contribution in [0.25, 0.3) is 6.08 Å². The van der Waals surface area contributed by atoms with Crippen LogP contribution in [0.2, 0.25) is 0 Å². The van der Waals surface area contributed by atoms with E-state index in [9.17, 15) is 0 Å². The summed E-state index contributed by atoms with van der Waals surface area (Å²) in [6.07, 6.45) is 2.26. The molecule has 1 saturated heterocycles. The fourth-order valence-electron chi connectivity index (χ4n) is 2.71. The number of anilines is 1. The molecule has 0 aromatic heterocycles. The van der Waals surface area contributed by atoms with Crippen LogP contribution in [0, 0.1) is 6.92 Å². The molecule has 1 N–H and O–H groups in total. The molecule has 2 aromatic rings. The zero-order valence-corrected chi connectivity index (χ0v) is 13.2. The molecule has 3 nitrogen and oxygen atoms in total. The predicted octanol–water partition coefficient (Wildman–Crippen LogP) is 3.80. The Hall–Kier alpha value is -2.26. The number of hydrazine groups is 1. The van der Waals surface area contributed by atoms with Gasteiger partial charge in [0.25, 0.3) is 0 Å². The molecule has 1 fully saturated rings. The van der Waals surface area contributed by atoms with Gasteiger partial charge < -0.3 is 9.75 Å². The Balaban J connectivity index is 1.72. The summed E-state index contributed by atoms with van der Waals surface area (Å²) in [5, 5.41) is 2.19. The van der Waals surface area contributed by atoms with Crippen LogP contribution in [-0.2, 0) is 0 Å². The van der Waals surface area contributed by atoms with Gasteiger partial charge in [0.05, 0.1) is 18.8 Å². The molecule has 0 spiro atoms. The number of para-hydroxylation sites is 1. The van der Waals surface area contributed by atoms with E-state index < -0.39 is 0 Å². The number of hydrogen-bond donors (Lipinski definition) is 1. The lowest BCUT2D eigenvalue weighted by atomic mass is 10.1. The molecule has 1 heterocycles. The highest BCUT2D eigenvalue weighted by Gasteiger charge is 2.16. The van der Waals surface area contributed by atoms with E-state index in [4.69, 9.17) is 4.74 Å². The molecule has 0 amide bonds. The maximum atomic E-state index is 5.60. The van der Waals surface area contributed by atoms with Gasteiger partial charge in [-0.25, -0.2) is 5.43 Å². The van der Waals surface area contributed by atoms with Gasteiger partial charge in [-0.1, -0.05) is 30.3 Å². The Kier molecular flexibility index (Phi) is 4.45. The number of nitrogens with zero attached hydrogens (tertiary/aromatic N) is 1. The first-order valence-electron chi connectivity index (χ1n) is 7.75. The second kappa shape index (κ2) is 6.67. The number of ether oxygens (including phenoxy) is 1. The molecule has 0 radical (unpaired) electrons. The molecule has 1 aliphatic rings. The first-order chi connectivity index (χ1) is 10.8. The van der Waals surface area contributed by atoms with Crippen LogP contribution in [0.1, 0.15) is 18.1 Å². The fraction of sp³-hybridized carbons (Fsp3) is 0.263. The van der Waals surface area contributed by atoms with E-state index in [0.29, 0.717) is 6.61 Å². The van der Waals surface area contributed by atoms with Crippen LogP contribution in [0.4, 0.5) is 5.69 Å². The average molecular weight is 294 g/mol. The summed E-state index contributed by atoms with van der Waals surface area (Å²) in [4.78, 5) is 0. The Labute approximate surface area is 132 Å². The second-order valence-electron chi connectivity index (χ2n) is 5.52. The summed E-state index contributed by atoms with van der Waals surface area (Å²) in [5.74, 6) is 0.972. The third kappa shape index (κ3) is 3.31. The average Bonchev–Trinajstić information content (AvgIpc) is 3.00. The number of nitrogens with one attached hydrogen (secondary N) is 1. The largest absolute Gasteiger partial charge is 0.494 e. The van der Waals surface area contributed by atoms with E-state index in [1.165, 1.54) is 22.4 Å². The quantitative estimate of drug-likeness (QED) is 0.928. The fourth-order valence-corrected chi connectivity index (χ4v) is 2.71. The smallest absolute Gasteiger partial charge is 0.122 e. The lowest BCUT2D eigenvalue weighted by Gasteiger charge is -2.16. The van der Waals surface area contributed by atoms with Crippen molar-refractivity contribution in [2.24, 2.45) is 0 Å². The summed E-state index contributed by atoms with van der Waals surface area (Å²) in [6.45, 7) is 6.61. The van der Waals surface area contributed by atoms with Crippen molar-refractivity contribution in [3.05, 3.63) is 65.2 Å². The van der Waals surface area contributed by atoms with Gasteiger partial charge in [-0.3, -0.25) is 0 Å². The van der Waals surface area contributed by atoms with Crippen molar-refractivity contribution in [1.82, 2.24) is 5.43 Å². The standard InChI is InChI=1S/C19H22N2O/c1-3-22-19-10-9-16(11-15(19)2)12-17-13-20-21(14-17)18-7-5-4-6-8-18/h4-12,20H,3,13-14H2,1-2H3. The molecule has 2 aromatic carbocycles. The summed E-state index contributed by atoms with van der Waals surface area (Å²) >= 11 is 0. The van der Waals surface area contributed by atoms with E-state index in [1.807, 2.05) is 13.0 Å². The zero-order valence-electron chi connectivity index (χ0n) is 13.2. The normalized spacial score (nSPS) is 16.3. The lowest BCUT2D eigenvalue weighted by Crippen LogP contribution is -2.30. The first kappa shape index (κ1) is 14.7. The monoisotopic (exact) mass is 294 g/mol. The minimum absolute atomic E-state index is 0.706. The van der Waals surface area contributed by atoms with Crippen LogP contribution in [0.3, 0.4) is 0 Å². The van der Waals surface area contributed by atoms with E-state index in [2.05, 4.69) is 65.9 Å². The van der Waals surface area contributed by atoms with Crippen molar-refractivity contribution >= 4 is 11.8 Å². The Morgan fingerprint density at radius 1 is 1.18 bits per heavy atom. The third-order valence-corrected chi connectivity index (χ3v) is 3.80. The lowest BCUT2D eigenvalue weighted by molar-refractivity contribution is 0.338. The number of rotatable bonds is 4. The van der Waals surface area contributed by atoms with Gasteiger partial charge in [-0.2, -0.15) is 0 Å². The maximum Gasteiger partial charge on any atom is 0.122 e. The summed E-state index contributed by atoms with van der Waals surface area (Å²) < 4.78 is 5.60. The minimum atomic E-state index is 0.706. The van der Waals surface area contributed by atoms with Crippen LogP contribution < -0.4 is 15.2 Å². The Bertz CT molecular complexity index is 664. The van der Waals surface area contributed by atoms with E-state index in [0.717, 1.165) is 18.8 Å². The minimum Gasteiger partial charge on any atom is -0.494 e. The van der Waals surface area contributed by atoms with Gasteiger partial charge in [0.2, 0.25) is 0 Å². The van der Waals surface area contributed by atoms with Crippen molar-refractivity contribution < 1.29 is 4.74 Å². The summed E-state index contributed by atoms with van der Waals surface area (Å²) in [6, 6.07) is 16.8. The van der Waals surface area contributed by atoms with Gasteiger partial charge in [0.1, 0.15) is 5.75 Å². The molecule has 0 unspecified atom stereocenters. The molecule has 0 aliphatic carbocycles. The summed E-state index contributed by atoms with van der Waals surface area (Å²) in [7, 11) is 0. The van der Waals surface area contributed by atoms with E-state index >= 15 is 0 Å². The van der Waals surface area contributed by atoms with Crippen molar-refractivity contribution in [3.8, 4) is 5.75 Å². The molecule has 22 heavy (non-hydrogen) atoms. The second-order valence-corrected chi connectivity index (χ2v) is 5.52. The molecule has 114 valence electrons. The molecule has 3 rings (SSSR count). The number of benzene rings is 2. The highest BCUT2D eigenvalue weighted by molar-refractivity contribution is 5.59. The third-order valence-electron chi connectivity index (χ3n) is 3.80. The summed E-state index contributed by atoms with van der Waals surface area (Å²) in [5.41, 5.74) is 8.43. The van der Waals surface area contributed by atoms with Crippen molar-refractivity contribution in [2.75, 3.05) is 24.7 Å². The predicted molar refractivity (Wildman–Crippen MR) is 92.1 cm³/mol. The van der Waals surface area contributed by atoms with Crippen LogP contribution in [-0.4, -0.2) is 19.7 Å². The van der Waals surface area contributed by atoms with E-state index in [-0.39, 0.29) is 0 Å². The Morgan fingerprint density at radius 3 is 2.73 bits per heavy atom. The van der Waals surface area contributed by atoms with Gasteiger partial charge in [0, 0.05) is 6.54 Å². The molecule has 1 aliphatic heterocycles. The molecule has 3 heteroatoms. The number of hydrogen-bond acceptors (Lipinski definition) is 3. The zero-order chi connectivity index (χ0) is 15.4. The van der Waals surface area contributed by atoms with Crippen molar-refractivity contribution in [1.29, 1.82) is 0 Å². The topological polar surface area (TPSA) is 24.5 Å². The van der Waals surface area contributed by atoms with Crippen molar-refractivity contribution in [3.63, 3.8) is 0 Å². The molecule has 0 saturated carbocycles.